The van der Waals surface area contributed by atoms with Crippen LogP contribution in [0.2, 0.25) is 0 Å². The third kappa shape index (κ3) is 2.79. The summed E-state index contributed by atoms with van der Waals surface area (Å²) in [6.07, 6.45) is 1.81. The van der Waals surface area contributed by atoms with Gasteiger partial charge in [-0.05, 0) is 25.3 Å². The van der Waals surface area contributed by atoms with Gasteiger partial charge in [-0.2, -0.15) is 0 Å². The highest BCUT2D eigenvalue weighted by Gasteiger charge is 2.20. The van der Waals surface area contributed by atoms with Gasteiger partial charge in [0.2, 0.25) is 0 Å². The van der Waals surface area contributed by atoms with Gasteiger partial charge in [0.05, 0.1) is 12.2 Å². The number of nitrogens with zero attached hydrogens (tertiary/aromatic N) is 1. The van der Waals surface area contributed by atoms with Gasteiger partial charge in [-0.25, -0.2) is 0 Å². The Morgan fingerprint density at radius 3 is 2.59 bits per heavy atom. The van der Waals surface area contributed by atoms with Crippen molar-refractivity contribution >= 4 is 5.69 Å². The maximum Gasteiger partial charge on any atom is 0.0807 e. The lowest BCUT2D eigenvalue weighted by Gasteiger charge is -2.33. The van der Waals surface area contributed by atoms with Gasteiger partial charge in [0.15, 0.2) is 0 Å². The quantitative estimate of drug-likeness (QED) is 0.843. The van der Waals surface area contributed by atoms with Crippen molar-refractivity contribution in [2.45, 2.75) is 38.4 Å². The Kier molecular flexibility index (Phi) is 4.02. The van der Waals surface area contributed by atoms with E-state index < -0.39 is 6.10 Å². The Hall–Kier alpha value is -1.06. The van der Waals surface area contributed by atoms with E-state index in [0.29, 0.717) is 0 Å². The van der Waals surface area contributed by atoms with Crippen molar-refractivity contribution in [3.63, 3.8) is 0 Å². The normalized spacial score (nSPS) is 19.4. The van der Waals surface area contributed by atoms with Gasteiger partial charge >= 0.3 is 0 Å². The van der Waals surface area contributed by atoms with E-state index in [0.717, 1.165) is 43.6 Å². The number of rotatable bonds is 3. The molecular weight excluding hydrogens is 214 g/mol. The van der Waals surface area contributed by atoms with Crippen LogP contribution in [0.1, 0.15) is 37.9 Å². The van der Waals surface area contributed by atoms with Crippen LogP contribution in [0, 0.1) is 0 Å². The first kappa shape index (κ1) is 12.4. The van der Waals surface area contributed by atoms with E-state index in [4.69, 9.17) is 0 Å². The molecule has 0 spiro atoms. The number of anilines is 1. The van der Waals surface area contributed by atoms with Crippen molar-refractivity contribution in [1.29, 1.82) is 0 Å². The molecule has 0 aliphatic carbocycles. The average Bonchev–Trinajstić information content (AvgIpc) is 2.39. The van der Waals surface area contributed by atoms with Gasteiger partial charge in [-0.1, -0.05) is 25.1 Å². The molecule has 1 aromatic carbocycles. The second-order valence-electron chi connectivity index (χ2n) is 4.70. The van der Waals surface area contributed by atoms with Crippen molar-refractivity contribution in [2.75, 3.05) is 18.0 Å². The highest BCUT2D eigenvalue weighted by Crippen LogP contribution is 2.29. The highest BCUT2D eigenvalue weighted by molar-refractivity contribution is 5.54. The molecule has 1 atom stereocenters. The summed E-state index contributed by atoms with van der Waals surface area (Å²) in [7, 11) is 0. The number of piperidine rings is 1. The molecule has 1 saturated heterocycles. The third-order valence-electron chi connectivity index (χ3n) is 3.49. The molecule has 94 valence electrons. The summed E-state index contributed by atoms with van der Waals surface area (Å²) in [6.45, 7) is 3.73. The van der Waals surface area contributed by atoms with Crippen LogP contribution in [0.15, 0.2) is 24.3 Å². The van der Waals surface area contributed by atoms with Crippen LogP contribution < -0.4 is 4.90 Å². The summed E-state index contributed by atoms with van der Waals surface area (Å²) >= 11 is 0. The zero-order chi connectivity index (χ0) is 12.3. The first-order valence-electron chi connectivity index (χ1n) is 6.42. The molecule has 0 amide bonds. The highest BCUT2D eigenvalue weighted by atomic mass is 16.3. The predicted molar refractivity (Wildman–Crippen MR) is 69.1 cm³/mol. The number of para-hydroxylation sites is 1. The lowest BCUT2D eigenvalue weighted by molar-refractivity contribution is 0.144. The van der Waals surface area contributed by atoms with Crippen molar-refractivity contribution in [2.24, 2.45) is 0 Å². The molecule has 2 rings (SSSR count). The van der Waals surface area contributed by atoms with E-state index in [1.807, 2.05) is 25.1 Å². The van der Waals surface area contributed by atoms with Gasteiger partial charge in [0.1, 0.15) is 0 Å². The minimum absolute atomic E-state index is 0.158. The molecule has 0 aromatic heterocycles. The van der Waals surface area contributed by atoms with Crippen LogP contribution in [0.3, 0.4) is 0 Å². The SMILES string of the molecule is CC[C@@H](O)c1ccccc1N1CCC(O)CC1. The van der Waals surface area contributed by atoms with Crippen molar-refractivity contribution in [3.05, 3.63) is 29.8 Å². The maximum absolute atomic E-state index is 10.0. The van der Waals surface area contributed by atoms with Crippen molar-refractivity contribution in [1.82, 2.24) is 0 Å². The van der Waals surface area contributed by atoms with E-state index in [2.05, 4.69) is 11.0 Å². The lowest BCUT2D eigenvalue weighted by atomic mass is 10.0. The van der Waals surface area contributed by atoms with E-state index in [9.17, 15) is 10.2 Å². The summed E-state index contributed by atoms with van der Waals surface area (Å²) in [4.78, 5) is 2.26. The molecule has 1 aliphatic rings. The predicted octanol–water partition coefficient (Wildman–Crippen LogP) is 2.09. The zero-order valence-electron chi connectivity index (χ0n) is 10.3. The first-order chi connectivity index (χ1) is 8.22. The van der Waals surface area contributed by atoms with Gasteiger partial charge in [0, 0.05) is 24.3 Å². The summed E-state index contributed by atoms with van der Waals surface area (Å²) in [6, 6.07) is 8.03. The fourth-order valence-corrected chi connectivity index (χ4v) is 2.38. The molecule has 2 N–H and O–H groups in total. The number of hydrogen-bond acceptors (Lipinski definition) is 3. The fraction of sp³-hybridized carbons (Fsp3) is 0.571. The molecule has 1 heterocycles. The molecule has 0 radical (unpaired) electrons. The van der Waals surface area contributed by atoms with E-state index in [-0.39, 0.29) is 6.10 Å². The Morgan fingerprint density at radius 1 is 1.29 bits per heavy atom. The zero-order valence-corrected chi connectivity index (χ0v) is 10.3. The average molecular weight is 235 g/mol. The molecule has 17 heavy (non-hydrogen) atoms. The van der Waals surface area contributed by atoms with Crippen LogP contribution >= 0.6 is 0 Å². The van der Waals surface area contributed by atoms with Gasteiger partial charge in [0.25, 0.3) is 0 Å². The van der Waals surface area contributed by atoms with Crippen LogP contribution in [-0.4, -0.2) is 29.4 Å². The first-order valence-corrected chi connectivity index (χ1v) is 6.42. The topological polar surface area (TPSA) is 43.7 Å². The summed E-state index contributed by atoms with van der Waals surface area (Å²) in [5, 5.41) is 19.5. The largest absolute Gasteiger partial charge is 0.393 e. The molecule has 3 nitrogen and oxygen atoms in total. The van der Waals surface area contributed by atoms with E-state index in [1.54, 1.807) is 0 Å². The minimum atomic E-state index is -0.391. The molecular formula is C14H21NO2. The molecule has 3 heteroatoms. The maximum atomic E-state index is 10.0. The van der Waals surface area contributed by atoms with Crippen LogP contribution in [0.4, 0.5) is 5.69 Å². The second kappa shape index (κ2) is 5.52. The smallest absolute Gasteiger partial charge is 0.0807 e. The van der Waals surface area contributed by atoms with Crippen molar-refractivity contribution in [3.8, 4) is 0 Å². The van der Waals surface area contributed by atoms with Gasteiger partial charge in [-0.3, -0.25) is 0 Å². The number of hydrogen-bond donors (Lipinski definition) is 2. The molecule has 0 bridgehead atoms. The number of benzene rings is 1. The third-order valence-corrected chi connectivity index (χ3v) is 3.49. The monoisotopic (exact) mass is 235 g/mol. The minimum Gasteiger partial charge on any atom is -0.393 e. The second-order valence-corrected chi connectivity index (χ2v) is 4.70. The number of aliphatic hydroxyl groups is 2. The Labute approximate surface area is 103 Å². The molecule has 1 fully saturated rings. The molecule has 0 saturated carbocycles. The van der Waals surface area contributed by atoms with Crippen LogP contribution in [0.25, 0.3) is 0 Å². The Bertz CT molecular complexity index is 359. The molecule has 0 unspecified atom stereocenters. The number of aliphatic hydroxyl groups excluding tert-OH is 2. The lowest BCUT2D eigenvalue weighted by Crippen LogP contribution is -2.36. The van der Waals surface area contributed by atoms with Gasteiger partial charge in [-0.15, -0.1) is 0 Å². The van der Waals surface area contributed by atoms with E-state index in [1.165, 1.54) is 0 Å². The summed E-state index contributed by atoms with van der Waals surface area (Å²) < 4.78 is 0. The summed E-state index contributed by atoms with van der Waals surface area (Å²) in [5.41, 5.74) is 2.13. The van der Waals surface area contributed by atoms with Gasteiger partial charge < -0.3 is 15.1 Å². The molecule has 1 aromatic rings. The fourth-order valence-electron chi connectivity index (χ4n) is 2.38. The van der Waals surface area contributed by atoms with Crippen LogP contribution in [0.5, 0.6) is 0 Å². The van der Waals surface area contributed by atoms with Crippen LogP contribution in [-0.2, 0) is 0 Å². The van der Waals surface area contributed by atoms with E-state index >= 15 is 0 Å². The Balaban J connectivity index is 2.19. The summed E-state index contributed by atoms with van der Waals surface area (Å²) in [5.74, 6) is 0. The van der Waals surface area contributed by atoms with Crippen molar-refractivity contribution < 1.29 is 10.2 Å². The molecule has 1 aliphatic heterocycles. The Morgan fingerprint density at radius 2 is 1.94 bits per heavy atom. The standard InChI is InChI=1S/C14H21NO2/c1-2-14(17)12-5-3-4-6-13(12)15-9-7-11(16)8-10-15/h3-6,11,14,16-17H,2,7-10H2,1H3/t14-/m1/s1.